The lowest BCUT2D eigenvalue weighted by Crippen LogP contribution is -2.51. The molecule has 0 saturated heterocycles. The van der Waals surface area contributed by atoms with E-state index in [4.69, 9.17) is 0 Å². The van der Waals surface area contributed by atoms with Crippen LogP contribution in [0.15, 0.2) is 53.0 Å². The maximum Gasteiger partial charge on any atom is 0.327 e. The van der Waals surface area contributed by atoms with Crippen molar-refractivity contribution in [3.05, 3.63) is 69.7 Å². The second kappa shape index (κ2) is 13.8. The zero-order valence-corrected chi connectivity index (χ0v) is 21.9. The van der Waals surface area contributed by atoms with Crippen LogP contribution in [0.5, 0.6) is 0 Å². The first-order valence-electron chi connectivity index (χ1n) is 11.0. The molecule has 2 aromatic rings. The highest BCUT2D eigenvalue weighted by atomic mass is 79.9. The summed E-state index contributed by atoms with van der Waals surface area (Å²) in [6, 6.07) is 12.5. The summed E-state index contributed by atoms with van der Waals surface area (Å²) >= 11 is 4.85. The van der Waals surface area contributed by atoms with E-state index < -0.39 is 23.9 Å². The molecule has 1 atom stereocenters. The number of rotatable bonds is 9. The van der Waals surface area contributed by atoms with Crippen LogP contribution in [-0.4, -0.2) is 52.0 Å². The van der Waals surface area contributed by atoms with Crippen LogP contribution in [0.2, 0.25) is 0 Å². The number of hydrogen-bond donors (Lipinski definition) is 2. The lowest BCUT2D eigenvalue weighted by atomic mass is 10.1. The molecule has 0 heterocycles. The molecule has 180 valence electrons. The van der Waals surface area contributed by atoms with Crippen molar-refractivity contribution in [2.45, 2.75) is 33.2 Å². The Kier molecular flexibility index (Phi) is 11.2. The number of halogens is 1. The van der Waals surface area contributed by atoms with Crippen LogP contribution >= 0.6 is 27.7 Å². The second-order valence-corrected chi connectivity index (χ2v) is 10.1. The van der Waals surface area contributed by atoms with Gasteiger partial charge in [-0.15, -0.1) is 0 Å². The molecule has 0 aromatic heterocycles. The summed E-state index contributed by atoms with van der Waals surface area (Å²) in [5.74, 6) is 5.90. The van der Waals surface area contributed by atoms with Crippen LogP contribution in [0, 0.1) is 17.8 Å². The van der Waals surface area contributed by atoms with Crippen LogP contribution in [-0.2, 0) is 4.79 Å². The molecule has 0 aliphatic rings. The smallest absolute Gasteiger partial charge is 0.327 e. The fourth-order valence-corrected chi connectivity index (χ4v) is 4.24. The standard InChI is InChI=1S/C26H29BrN2O4S/c1-4-14-29(26(33)28-23(25(31)32)17-34-16-18(2)3)24(30)21-7-5-6-20(15-21)9-8-19-10-12-22(27)13-11-19/h5-7,10-13,15,18,23H,4,14,16-17H2,1-3H3,(H,28,33)(H,31,32)/t23-/m0/s1. The van der Waals surface area contributed by atoms with E-state index in [1.807, 2.05) is 45.0 Å². The number of carbonyl (C=O) groups excluding carboxylic acids is 2. The Morgan fingerprint density at radius 2 is 1.74 bits per heavy atom. The third kappa shape index (κ3) is 8.88. The fraction of sp³-hybridized carbons (Fsp3) is 0.346. The molecule has 2 aromatic carbocycles. The molecule has 0 spiro atoms. The van der Waals surface area contributed by atoms with Gasteiger partial charge in [-0.2, -0.15) is 11.8 Å². The van der Waals surface area contributed by atoms with Gasteiger partial charge >= 0.3 is 12.0 Å². The van der Waals surface area contributed by atoms with Gasteiger partial charge in [-0.3, -0.25) is 9.69 Å². The number of nitrogens with zero attached hydrogens (tertiary/aromatic N) is 1. The van der Waals surface area contributed by atoms with Crippen molar-refractivity contribution in [3.8, 4) is 11.8 Å². The third-order valence-corrected chi connectivity index (χ3v) is 6.57. The van der Waals surface area contributed by atoms with E-state index in [0.29, 0.717) is 23.5 Å². The van der Waals surface area contributed by atoms with Gasteiger partial charge in [0.25, 0.3) is 5.91 Å². The number of imide groups is 1. The Morgan fingerprint density at radius 1 is 1.06 bits per heavy atom. The molecule has 0 bridgehead atoms. The first-order valence-corrected chi connectivity index (χ1v) is 13.0. The molecular weight excluding hydrogens is 516 g/mol. The van der Waals surface area contributed by atoms with Crippen LogP contribution in [0.1, 0.15) is 48.7 Å². The third-order valence-electron chi connectivity index (χ3n) is 4.57. The van der Waals surface area contributed by atoms with Crippen LogP contribution in [0.3, 0.4) is 0 Å². The van der Waals surface area contributed by atoms with Crippen molar-refractivity contribution >= 4 is 45.6 Å². The second-order valence-electron chi connectivity index (χ2n) is 8.07. The summed E-state index contributed by atoms with van der Waals surface area (Å²) in [5.41, 5.74) is 1.79. The lowest BCUT2D eigenvalue weighted by Gasteiger charge is -2.23. The van der Waals surface area contributed by atoms with Crippen molar-refractivity contribution in [1.82, 2.24) is 10.2 Å². The van der Waals surface area contributed by atoms with E-state index in [-0.39, 0.29) is 12.3 Å². The number of nitrogens with one attached hydrogen (secondary N) is 1. The zero-order valence-electron chi connectivity index (χ0n) is 19.5. The molecular formula is C26H29BrN2O4S. The number of benzene rings is 2. The lowest BCUT2D eigenvalue weighted by molar-refractivity contribution is -0.138. The van der Waals surface area contributed by atoms with E-state index in [9.17, 15) is 19.5 Å². The molecule has 0 fully saturated rings. The number of hydrogen-bond acceptors (Lipinski definition) is 4. The average Bonchev–Trinajstić information content (AvgIpc) is 2.81. The summed E-state index contributed by atoms with van der Waals surface area (Å²) in [6.07, 6.45) is 0.544. The Bertz CT molecular complexity index is 1060. The van der Waals surface area contributed by atoms with Crippen molar-refractivity contribution < 1.29 is 19.5 Å². The summed E-state index contributed by atoms with van der Waals surface area (Å²) in [6.45, 7) is 6.10. The van der Waals surface area contributed by atoms with E-state index in [1.165, 1.54) is 11.8 Å². The normalized spacial score (nSPS) is 11.3. The molecule has 34 heavy (non-hydrogen) atoms. The average molecular weight is 545 g/mol. The van der Waals surface area contributed by atoms with Crippen molar-refractivity contribution in [1.29, 1.82) is 0 Å². The van der Waals surface area contributed by atoms with E-state index in [0.717, 1.165) is 20.7 Å². The quantitative estimate of drug-likeness (QED) is 0.421. The van der Waals surface area contributed by atoms with E-state index in [1.54, 1.807) is 24.3 Å². The fourth-order valence-electron chi connectivity index (χ4n) is 2.91. The van der Waals surface area contributed by atoms with Crippen molar-refractivity contribution in [2.75, 3.05) is 18.1 Å². The summed E-state index contributed by atoms with van der Waals surface area (Å²) in [5, 5.41) is 12.0. The van der Waals surface area contributed by atoms with Crippen molar-refractivity contribution in [2.24, 2.45) is 5.92 Å². The van der Waals surface area contributed by atoms with E-state index in [2.05, 4.69) is 33.1 Å². The number of urea groups is 1. The molecule has 0 saturated carbocycles. The number of thioether (sulfide) groups is 1. The maximum absolute atomic E-state index is 13.2. The Morgan fingerprint density at radius 3 is 2.35 bits per heavy atom. The molecule has 3 amide bonds. The van der Waals surface area contributed by atoms with Gasteiger partial charge in [0.05, 0.1) is 0 Å². The Hall–Kier alpha value is -2.76. The number of carbonyl (C=O) groups is 3. The molecule has 2 N–H and O–H groups in total. The first-order chi connectivity index (χ1) is 16.2. The Labute approximate surface area is 213 Å². The number of aliphatic carboxylic acids is 1. The van der Waals surface area contributed by atoms with Gasteiger partial charge < -0.3 is 10.4 Å². The SMILES string of the molecule is CCCN(C(=O)N[C@@H](CSCC(C)C)C(=O)O)C(=O)c1cccc(C#Cc2ccc(Br)cc2)c1. The number of carboxylic acid groups (broad SMARTS) is 1. The van der Waals surface area contributed by atoms with Gasteiger partial charge in [0.2, 0.25) is 0 Å². The summed E-state index contributed by atoms with van der Waals surface area (Å²) < 4.78 is 0.962. The van der Waals surface area contributed by atoms with Crippen LogP contribution < -0.4 is 5.32 Å². The first kappa shape index (κ1) is 27.5. The van der Waals surface area contributed by atoms with Crippen LogP contribution in [0.4, 0.5) is 4.79 Å². The largest absolute Gasteiger partial charge is 0.480 e. The van der Waals surface area contributed by atoms with E-state index >= 15 is 0 Å². The van der Waals surface area contributed by atoms with Crippen molar-refractivity contribution in [3.63, 3.8) is 0 Å². The molecule has 0 radical (unpaired) electrons. The highest BCUT2D eigenvalue weighted by molar-refractivity contribution is 9.10. The molecule has 0 aliphatic heterocycles. The molecule has 8 heteroatoms. The van der Waals surface area contributed by atoms with Gasteiger partial charge in [-0.1, -0.05) is 54.6 Å². The predicted octanol–water partition coefficient (Wildman–Crippen LogP) is 5.25. The molecule has 6 nitrogen and oxygen atoms in total. The molecule has 0 aliphatic carbocycles. The van der Waals surface area contributed by atoms with Gasteiger partial charge in [0.1, 0.15) is 6.04 Å². The molecule has 0 unspecified atom stereocenters. The van der Waals surface area contributed by atoms with Gasteiger partial charge in [-0.25, -0.2) is 9.59 Å². The Balaban J connectivity index is 2.16. The maximum atomic E-state index is 13.2. The number of carboxylic acids is 1. The highest BCUT2D eigenvalue weighted by Gasteiger charge is 2.27. The topological polar surface area (TPSA) is 86.7 Å². The van der Waals surface area contributed by atoms with Gasteiger partial charge in [0, 0.05) is 33.5 Å². The monoisotopic (exact) mass is 544 g/mol. The molecule has 2 rings (SSSR count). The summed E-state index contributed by atoms with van der Waals surface area (Å²) in [4.78, 5) is 38.7. The number of amides is 3. The highest BCUT2D eigenvalue weighted by Crippen LogP contribution is 2.13. The minimum atomic E-state index is -1.13. The summed E-state index contributed by atoms with van der Waals surface area (Å²) in [7, 11) is 0. The van der Waals surface area contributed by atoms with Gasteiger partial charge in [0.15, 0.2) is 0 Å². The minimum absolute atomic E-state index is 0.172. The minimum Gasteiger partial charge on any atom is -0.480 e. The zero-order chi connectivity index (χ0) is 25.1. The van der Waals surface area contributed by atoms with Gasteiger partial charge in [-0.05, 0) is 60.6 Å². The van der Waals surface area contributed by atoms with Crippen LogP contribution in [0.25, 0.3) is 0 Å². The predicted molar refractivity (Wildman–Crippen MR) is 140 cm³/mol.